The lowest BCUT2D eigenvalue weighted by atomic mass is 10.1. The van der Waals surface area contributed by atoms with E-state index in [4.69, 9.17) is 15.5 Å². The van der Waals surface area contributed by atoms with Crippen LogP contribution in [0.25, 0.3) is 21.8 Å². The van der Waals surface area contributed by atoms with Gasteiger partial charge < -0.3 is 20.6 Å². The van der Waals surface area contributed by atoms with Crippen molar-refractivity contribution in [3.05, 3.63) is 72.3 Å². The Bertz CT molecular complexity index is 1250. The van der Waals surface area contributed by atoms with Gasteiger partial charge in [-0.25, -0.2) is 4.98 Å². The van der Waals surface area contributed by atoms with E-state index in [1.807, 2.05) is 60.7 Å². The Balaban J connectivity index is 1.58. The molecule has 6 heteroatoms. The lowest BCUT2D eigenvalue weighted by Gasteiger charge is -2.15. The molecule has 1 heterocycles. The lowest BCUT2D eigenvalue weighted by molar-refractivity contribution is -0.145. The monoisotopic (exact) mass is 427 g/mol. The fourth-order valence-electron chi connectivity index (χ4n) is 3.71. The second-order valence-corrected chi connectivity index (χ2v) is 7.83. The van der Waals surface area contributed by atoms with Crippen molar-refractivity contribution in [2.75, 3.05) is 11.1 Å². The molecule has 0 saturated carbocycles. The highest BCUT2D eigenvalue weighted by atomic mass is 16.5. The number of hydrogen-bond donors (Lipinski definition) is 2. The Labute approximate surface area is 186 Å². The number of nitrogens with zero attached hydrogens (tertiary/aromatic N) is 1. The highest BCUT2D eigenvalue weighted by molar-refractivity contribution is 6.08. The van der Waals surface area contributed by atoms with E-state index >= 15 is 0 Å². The van der Waals surface area contributed by atoms with Crippen LogP contribution in [0.1, 0.15) is 31.7 Å². The largest absolute Gasteiger partial charge is 0.461 e. The molecule has 0 saturated heterocycles. The minimum atomic E-state index is -0.325. The highest BCUT2D eigenvalue weighted by Crippen LogP contribution is 2.33. The van der Waals surface area contributed by atoms with Crippen molar-refractivity contribution in [2.45, 2.75) is 32.8 Å². The van der Waals surface area contributed by atoms with Crippen LogP contribution in [-0.2, 0) is 20.9 Å². The summed E-state index contributed by atoms with van der Waals surface area (Å²) in [6, 6.07) is 21.5. The number of benzene rings is 3. The van der Waals surface area contributed by atoms with Gasteiger partial charge in [0.15, 0.2) is 0 Å². The van der Waals surface area contributed by atoms with Crippen molar-refractivity contribution in [3.63, 3.8) is 0 Å². The van der Waals surface area contributed by atoms with Crippen molar-refractivity contribution in [1.82, 2.24) is 4.98 Å². The Morgan fingerprint density at radius 3 is 2.25 bits per heavy atom. The van der Waals surface area contributed by atoms with E-state index in [1.54, 1.807) is 6.07 Å². The van der Waals surface area contributed by atoms with Crippen molar-refractivity contribution in [2.24, 2.45) is 0 Å². The second-order valence-electron chi connectivity index (χ2n) is 7.83. The number of nitrogens with two attached hydrogens (primary N) is 1. The predicted molar refractivity (Wildman–Crippen MR) is 128 cm³/mol. The minimum Gasteiger partial charge on any atom is -0.461 e. The van der Waals surface area contributed by atoms with Gasteiger partial charge in [0.05, 0.1) is 16.7 Å². The van der Waals surface area contributed by atoms with Crippen molar-refractivity contribution in [1.29, 1.82) is 0 Å². The number of ether oxygens (including phenoxy) is 1. The number of Topliss-reactive ketones (excluding diaryl/α,β-unsaturated/α-hetero) is 1. The number of esters is 1. The summed E-state index contributed by atoms with van der Waals surface area (Å²) in [5.41, 5.74) is 11.0. The number of pyridine rings is 1. The molecular formula is C26H25N3O3. The van der Waals surface area contributed by atoms with E-state index in [-0.39, 0.29) is 24.8 Å². The molecule has 0 radical (unpaired) electrons. The van der Waals surface area contributed by atoms with E-state index in [1.165, 1.54) is 6.92 Å². The average Bonchev–Trinajstić information content (AvgIpc) is 2.77. The number of rotatable bonds is 8. The van der Waals surface area contributed by atoms with Crippen LogP contribution >= 0.6 is 0 Å². The van der Waals surface area contributed by atoms with Gasteiger partial charge in [-0.05, 0) is 49.2 Å². The van der Waals surface area contributed by atoms with Crippen molar-refractivity contribution in [3.8, 4) is 0 Å². The van der Waals surface area contributed by atoms with Crippen LogP contribution < -0.4 is 11.1 Å². The number of ketones is 1. The van der Waals surface area contributed by atoms with Crippen LogP contribution in [0.5, 0.6) is 0 Å². The van der Waals surface area contributed by atoms with E-state index in [2.05, 4.69) is 5.32 Å². The van der Waals surface area contributed by atoms with Crippen LogP contribution in [0.15, 0.2) is 66.7 Å². The molecule has 3 N–H and O–H groups in total. The highest BCUT2D eigenvalue weighted by Gasteiger charge is 2.11. The number of aromatic nitrogens is 1. The molecule has 4 aromatic rings. The molecule has 0 unspecified atom stereocenters. The number of nitrogens with one attached hydrogen (secondary N) is 1. The molecule has 6 nitrogen and oxygen atoms in total. The lowest BCUT2D eigenvalue weighted by Crippen LogP contribution is -2.06. The quantitative estimate of drug-likeness (QED) is 0.219. The van der Waals surface area contributed by atoms with E-state index in [0.717, 1.165) is 38.7 Å². The molecule has 0 aliphatic heterocycles. The minimum absolute atomic E-state index is 0.0699. The number of anilines is 3. The van der Waals surface area contributed by atoms with Gasteiger partial charge >= 0.3 is 5.97 Å². The first-order valence-electron chi connectivity index (χ1n) is 10.6. The molecule has 3 aromatic carbocycles. The number of carbonyl (C=O) groups excluding carboxylic acids is 2. The molecule has 0 amide bonds. The van der Waals surface area contributed by atoms with Gasteiger partial charge in [-0.3, -0.25) is 4.79 Å². The molecule has 1 aromatic heterocycles. The third kappa shape index (κ3) is 5.03. The van der Waals surface area contributed by atoms with Crippen LogP contribution in [-0.4, -0.2) is 16.7 Å². The van der Waals surface area contributed by atoms with E-state index < -0.39 is 0 Å². The maximum Gasteiger partial charge on any atom is 0.306 e. The zero-order valence-electron chi connectivity index (χ0n) is 17.9. The summed E-state index contributed by atoms with van der Waals surface area (Å²) < 4.78 is 5.37. The normalized spacial score (nSPS) is 10.9. The van der Waals surface area contributed by atoms with Crippen LogP contribution in [0.4, 0.5) is 17.1 Å². The molecule has 162 valence electrons. The number of para-hydroxylation sites is 2. The van der Waals surface area contributed by atoms with Gasteiger partial charge in [-0.1, -0.05) is 36.4 Å². The Kier molecular flexibility index (Phi) is 6.31. The Hall–Kier alpha value is -3.93. The summed E-state index contributed by atoms with van der Waals surface area (Å²) in [7, 11) is 0. The maximum absolute atomic E-state index is 12.0. The number of hydrogen-bond acceptors (Lipinski definition) is 6. The first-order chi connectivity index (χ1) is 15.5. The average molecular weight is 428 g/mol. The molecule has 0 fully saturated rings. The summed E-state index contributed by atoms with van der Waals surface area (Å²) in [5.74, 6) is -0.255. The topological polar surface area (TPSA) is 94.3 Å². The molecule has 0 atom stereocenters. The zero-order valence-corrected chi connectivity index (χ0v) is 17.9. The molecule has 0 bridgehead atoms. The fraction of sp³-hybridized carbons (Fsp3) is 0.192. The van der Waals surface area contributed by atoms with Crippen LogP contribution in [0, 0.1) is 0 Å². The fourth-order valence-corrected chi connectivity index (χ4v) is 3.71. The van der Waals surface area contributed by atoms with Gasteiger partial charge in [-0.2, -0.15) is 0 Å². The summed E-state index contributed by atoms with van der Waals surface area (Å²) in [6.07, 6.45) is 1.11. The molecular weight excluding hydrogens is 402 g/mol. The summed E-state index contributed by atoms with van der Waals surface area (Å²) >= 11 is 0. The first-order valence-corrected chi connectivity index (χ1v) is 10.6. The van der Waals surface area contributed by atoms with Gasteiger partial charge in [0.25, 0.3) is 0 Å². The number of carbonyl (C=O) groups is 2. The molecule has 0 aliphatic carbocycles. The van der Waals surface area contributed by atoms with Crippen LogP contribution in [0.3, 0.4) is 0 Å². The van der Waals surface area contributed by atoms with E-state index in [0.29, 0.717) is 18.5 Å². The smallest absolute Gasteiger partial charge is 0.306 e. The summed E-state index contributed by atoms with van der Waals surface area (Å²) in [4.78, 5) is 27.7. The Morgan fingerprint density at radius 1 is 0.938 bits per heavy atom. The standard InChI is InChI=1S/C26H25N3O3/c1-17(30)7-6-12-25(31)32-16-18-13-19(27)15-20(14-18)28-26-21-8-2-4-10-23(21)29-24-11-5-3-9-22(24)26/h2-5,8-11,13-15H,6-7,12,16,27H2,1H3,(H,28,29). The Morgan fingerprint density at radius 2 is 1.59 bits per heavy atom. The maximum atomic E-state index is 12.0. The third-order valence-corrected chi connectivity index (χ3v) is 5.18. The molecule has 32 heavy (non-hydrogen) atoms. The first kappa shape index (κ1) is 21.3. The van der Waals surface area contributed by atoms with Crippen LogP contribution in [0.2, 0.25) is 0 Å². The van der Waals surface area contributed by atoms with Gasteiger partial charge in [0, 0.05) is 35.0 Å². The zero-order chi connectivity index (χ0) is 22.5. The summed E-state index contributed by atoms with van der Waals surface area (Å²) in [5, 5.41) is 5.52. The second kappa shape index (κ2) is 9.47. The van der Waals surface area contributed by atoms with Crippen molar-refractivity contribution >= 4 is 50.6 Å². The molecule has 0 aliphatic rings. The van der Waals surface area contributed by atoms with Gasteiger partial charge in [0.1, 0.15) is 12.4 Å². The predicted octanol–water partition coefficient (Wildman–Crippen LogP) is 5.52. The third-order valence-electron chi connectivity index (χ3n) is 5.18. The summed E-state index contributed by atoms with van der Waals surface area (Å²) in [6.45, 7) is 1.64. The SMILES string of the molecule is CC(=O)CCCC(=O)OCc1cc(N)cc(Nc2c3ccccc3nc3ccccc23)c1. The van der Waals surface area contributed by atoms with Crippen molar-refractivity contribution < 1.29 is 14.3 Å². The molecule has 0 spiro atoms. The number of fused-ring (bicyclic) bond motifs is 2. The number of nitrogen functional groups attached to an aromatic ring is 1. The van der Waals surface area contributed by atoms with Gasteiger partial charge in [-0.15, -0.1) is 0 Å². The van der Waals surface area contributed by atoms with Gasteiger partial charge in [0.2, 0.25) is 0 Å². The van der Waals surface area contributed by atoms with E-state index in [9.17, 15) is 9.59 Å². The molecule has 4 rings (SSSR count).